The van der Waals surface area contributed by atoms with Crippen LogP contribution in [0.25, 0.3) is 22.2 Å². The number of aryl methyl sites for hydroxylation is 1. The van der Waals surface area contributed by atoms with E-state index in [-0.39, 0.29) is 0 Å². The predicted molar refractivity (Wildman–Crippen MR) is 119 cm³/mol. The molecule has 4 aromatic rings. The predicted octanol–water partition coefficient (Wildman–Crippen LogP) is 5.04. The Bertz CT molecular complexity index is 1160. The number of H-pyrrole nitrogens is 1. The lowest BCUT2D eigenvalue weighted by atomic mass is 10.1. The molecule has 0 bridgehead atoms. The first-order valence-electron chi connectivity index (χ1n) is 9.68. The summed E-state index contributed by atoms with van der Waals surface area (Å²) in [5.74, 6) is -1.01. The summed E-state index contributed by atoms with van der Waals surface area (Å²) in [4.78, 5) is 32.3. The van der Waals surface area contributed by atoms with Gasteiger partial charge < -0.3 is 9.72 Å². The van der Waals surface area contributed by atoms with Crippen LogP contribution in [0.4, 0.5) is 5.13 Å². The van der Waals surface area contributed by atoms with Gasteiger partial charge in [-0.1, -0.05) is 49.4 Å². The number of amides is 1. The summed E-state index contributed by atoms with van der Waals surface area (Å²) < 4.78 is 5.31. The fraction of sp³-hybridized carbons (Fsp3) is 0.174. The molecule has 1 atom stereocenters. The number of nitrogens with zero attached hydrogens (tertiary/aromatic N) is 1. The number of benzene rings is 2. The van der Waals surface area contributed by atoms with Crippen molar-refractivity contribution in [3.05, 3.63) is 71.2 Å². The van der Waals surface area contributed by atoms with E-state index < -0.39 is 18.0 Å². The van der Waals surface area contributed by atoms with Crippen molar-refractivity contribution >= 4 is 39.2 Å². The van der Waals surface area contributed by atoms with Gasteiger partial charge in [0.2, 0.25) is 0 Å². The van der Waals surface area contributed by atoms with Crippen LogP contribution in [0.3, 0.4) is 0 Å². The molecule has 0 saturated heterocycles. The van der Waals surface area contributed by atoms with E-state index in [1.165, 1.54) is 23.8 Å². The Balaban J connectivity index is 1.38. The first-order chi connectivity index (χ1) is 14.5. The minimum atomic E-state index is -0.958. The molecule has 0 unspecified atom stereocenters. The smallest absolute Gasteiger partial charge is 0.355 e. The molecule has 2 heterocycles. The molecule has 0 spiro atoms. The number of carbonyl (C=O) groups is 2. The number of hydrogen-bond acceptors (Lipinski definition) is 5. The highest BCUT2D eigenvalue weighted by Gasteiger charge is 2.21. The summed E-state index contributed by atoms with van der Waals surface area (Å²) >= 11 is 1.33. The summed E-state index contributed by atoms with van der Waals surface area (Å²) in [5, 5.41) is 5.97. The van der Waals surface area contributed by atoms with Gasteiger partial charge in [-0.3, -0.25) is 10.1 Å². The maximum absolute atomic E-state index is 12.4. The Hall–Kier alpha value is -3.45. The van der Waals surface area contributed by atoms with Crippen molar-refractivity contribution < 1.29 is 14.3 Å². The zero-order valence-corrected chi connectivity index (χ0v) is 17.5. The van der Waals surface area contributed by atoms with Crippen molar-refractivity contribution in [1.82, 2.24) is 9.97 Å². The number of para-hydroxylation sites is 1. The molecule has 6 nitrogen and oxygen atoms in total. The third kappa shape index (κ3) is 4.26. The highest BCUT2D eigenvalue weighted by molar-refractivity contribution is 7.14. The van der Waals surface area contributed by atoms with Crippen LogP contribution in [0.2, 0.25) is 0 Å². The van der Waals surface area contributed by atoms with Crippen molar-refractivity contribution in [3.63, 3.8) is 0 Å². The van der Waals surface area contributed by atoms with E-state index in [2.05, 4.69) is 34.3 Å². The second kappa shape index (κ2) is 8.51. The van der Waals surface area contributed by atoms with E-state index in [4.69, 9.17) is 4.74 Å². The molecule has 2 aromatic carbocycles. The van der Waals surface area contributed by atoms with Gasteiger partial charge in [0.05, 0.1) is 5.69 Å². The van der Waals surface area contributed by atoms with Gasteiger partial charge in [-0.2, -0.15) is 0 Å². The number of nitrogens with one attached hydrogen (secondary N) is 2. The second-order valence-electron chi connectivity index (χ2n) is 6.90. The molecule has 0 aliphatic carbocycles. The number of rotatable bonds is 6. The normalized spacial score (nSPS) is 11.9. The Morgan fingerprint density at radius 3 is 2.67 bits per heavy atom. The quantitative estimate of drug-likeness (QED) is 0.429. The maximum atomic E-state index is 12.4. The average Bonchev–Trinajstić information content (AvgIpc) is 3.40. The van der Waals surface area contributed by atoms with Crippen molar-refractivity contribution in [2.24, 2.45) is 0 Å². The lowest BCUT2D eigenvalue weighted by Crippen LogP contribution is -2.30. The summed E-state index contributed by atoms with van der Waals surface area (Å²) in [7, 11) is 0. The monoisotopic (exact) mass is 419 g/mol. The highest BCUT2D eigenvalue weighted by Crippen LogP contribution is 2.25. The van der Waals surface area contributed by atoms with Crippen LogP contribution in [0, 0.1) is 0 Å². The van der Waals surface area contributed by atoms with Gasteiger partial charge in [0.25, 0.3) is 5.91 Å². The highest BCUT2D eigenvalue weighted by atomic mass is 32.1. The largest absolute Gasteiger partial charge is 0.448 e. The van der Waals surface area contributed by atoms with Crippen molar-refractivity contribution in [1.29, 1.82) is 0 Å². The van der Waals surface area contributed by atoms with Gasteiger partial charge in [-0.05, 0) is 31.0 Å². The Morgan fingerprint density at radius 1 is 1.17 bits per heavy atom. The number of esters is 1. The fourth-order valence-electron chi connectivity index (χ4n) is 3.04. The summed E-state index contributed by atoms with van der Waals surface area (Å²) in [6, 6.07) is 17.4. The third-order valence-corrected chi connectivity index (χ3v) is 5.55. The second-order valence-corrected chi connectivity index (χ2v) is 7.75. The molecule has 0 aliphatic rings. The third-order valence-electron chi connectivity index (χ3n) is 4.80. The summed E-state index contributed by atoms with van der Waals surface area (Å²) in [6.07, 6.45) is 0.0217. The number of fused-ring (bicyclic) bond motifs is 1. The molecule has 0 fully saturated rings. The minimum Gasteiger partial charge on any atom is -0.448 e. The van der Waals surface area contributed by atoms with Gasteiger partial charge in [0.15, 0.2) is 11.2 Å². The van der Waals surface area contributed by atoms with Crippen molar-refractivity contribution in [3.8, 4) is 11.3 Å². The first kappa shape index (κ1) is 19.8. The van der Waals surface area contributed by atoms with E-state index >= 15 is 0 Å². The van der Waals surface area contributed by atoms with Crippen LogP contribution in [0.5, 0.6) is 0 Å². The lowest BCUT2D eigenvalue weighted by molar-refractivity contribution is -0.123. The molecular formula is C23H21N3O3S. The molecule has 2 N–H and O–H groups in total. The summed E-state index contributed by atoms with van der Waals surface area (Å²) in [6.45, 7) is 3.64. The van der Waals surface area contributed by atoms with Crippen molar-refractivity contribution in [2.75, 3.05) is 5.32 Å². The van der Waals surface area contributed by atoms with Gasteiger partial charge >= 0.3 is 5.97 Å². The van der Waals surface area contributed by atoms with Gasteiger partial charge in [0, 0.05) is 21.8 Å². The van der Waals surface area contributed by atoms with Crippen molar-refractivity contribution in [2.45, 2.75) is 26.4 Å². The van der Waals surface area contributed by atoms with Gasteiger partial charge in [-0.15, -0.1) is 11.3 Å². The Kier molecular flexibility index (Phi) is 5.63. The molecule has 1 amide bonds. The standard InChI is InChI=1S/C23H21N3O3S/c1-3-15-8-10-16(11-9-15)20-13-30-23(25-20)26-21(27)14(2)29-22(28)19-12-17-6-4-5-7-18(17)24-19/h4-14,24H,3H2,1-2H3,(H,25,26,27)/t14-/m1/s1. The van der Waals surface area contributed by atoms with E-state index in [9.17, 15) is 9.59 Å². The molecule has 4 rings (SSSR count). The molecule has 0 saturated carbocycles. The first-order valence-corrected chi connectivity index (χ1v) is 10.6. The van der Waals surface area contributed by atoms with Gasteiger partial charge in [-0.25, -0.2) is 9.78 Å². The number of hydrogen-bond donors (Lipinski definition) is 2. The zero-order chi connectivity index (χ0) is 21.1. The van der Waals surface area contributed by atoms with E-state index in [0.29, 0.717) is 10.8 Å². The zero-order valence-electron chi connectivity index (χ0n) is 16.6. The molecular weight excluding hydrogens is 398 g/mol. The van der Waals surface area contributed by atoms with Crippen LogP contribution in [-0.4, -0.2) is 27.9 Å². The van der Waals surface area contributed by atoms with E-state index in [1.54, 1.807) is 6.07 Å². The lowest BCUT2D eigenvalue weighted by Gasteiger charge is -2.11. The molecule has 0 radical (unpaired) electrons. The molecule has 152 valence electrons. The molecule has 2 aromatic heterocycles. The van der Waals surface area contributed by atoms with Crippen LogP contribution in [0.15, 0.2) is 60.0 Å². The van der Waals surface area contributed by atoms with Crippen LogP contribution >= 0.6 is 11.3 Å². The maximum Gasteiger partial charge on any atom is 0.355 e. The van der Waals surface area contributed by atoms with Crippen LogP contribution < -0.4 is 5.32 Å². The molecule has 0 aliphatic heterocycles. The number of ether oxygens (including phenoxy) is 1. The van der Waals surface area contributed by atoms with E-state index in [1.807, 2.05) is 41.8 Å². The SMILES string of the molecule is CCc1ccc(-c2csc(NC(=O)[C@@H](C)OC(=O)c3cc4ccccc4[nH]3)n2)cc1. The molecule has 30 heavy (non-hydrogen) atoms. The molecule has 7 heteroatoms. The Morgan fingerprint density at radius 2 is 1.93 bits per heavy atom. The minimum absolute atomic E-state index is 0.308. The van der Waals surface area contributed by atoms with Crippen LogP contribution in [0.1, 0.15) is 29.9 Å². The number of anilines is 1. The number of aromatic nitrogens is 2. The number of carbonyl (C=O) groups excluding carboxylic acids is 2. The Labute approximate surface area is 177 Å². The summed E-state index contributed by atoms with van der Waals surface area (Å²) in [5.41, 5.74) is 4.18. The number of thiazole rings is 1. The number of aromatic amines is 1. The van der Waals surface area contributed by atoms with Gasteiger partial charge in [0.1, 0.15) is 5.69 Å². The average molecular weight is 420 g/mol. The van der Waals surface area contributed by atoms with Crippen LogP contribution in [-0.2, 0) is 16.0 Å². The topological polar surface area (TPSA) is 84.1 Å². The fourth-order valence-corrected chi connectivity index (χ4v) is 3.77. The van der Waals surface area contributed by atoms with E-state index in [0.717, 1.165) is 28.6 Å².